The summed E-state index contributed by atoms with van der Waals surface area (Å²) in [6, 6.07) is 4.24. The van der Waals surface area contributed by atoms with Crippen LogP contribution < -0.4 is 0 Å². The quantitative estimate of drug-likeness (QED) is 0.804. The maximum Gasteiger partial charge on any atom is 0.258 e. The summed E-state index contributed by atoms with van der Waals surface area (Å²) >= 11 is 5.98. The SMILES string of the molecule is CN1CCN(C(=O)C2CCN(C(=O)c3c(F)cccc3Cl)CC2)CC1. The zero-order valence-electron chi connectivity index (χ0n) is 14.4. The second-order valence-corrected chi connectivity index (χ2v) is 7.20. The molecule has 0 radical (unpaired) electrons. The molecular formula is C18H23ClFN3O2. The fraction of sp³-hybridized carbons (Fsp3) is 0.556. The molecular weight excluding hydrogens is 345 g/mol. The zero-order chi connectivity index (χ0) is 18.0. The van der Waals surface area contributed by atoms with Crippen LogP contribution in [-0.2, 0) is 4.79 Å². The zero-order valence-corrected chi connectivity index (χ0v) is 15.1. The van der Waals surface area contributed by atoms with E-state index in [1.807, 2.05) is 4.90 Å². The molecule has 2 aliphatic rings. The highest BCUT2D eigenvalue weighted by atomic mass is 35.5. The molecule has 0 saturated carbocycles. The summed E-state index contributed by atoms with van der Waals surface area (Å²) in [4.78, 5) is 30.9. The number of piperidine rings is 1. The van der Waals surface area contributed by atoms with Crippen LogP contribution >= 0.6 is 11.6 Å². The molecule has 0 N–H and O–H groups in total. The molecule has 25 heavy (non-hydrogen) atoms. The van der Waals surface area contributed by atoms with E-state index in [2.05, 4.69) is 11.9 Å². The first-order valence-corrected chi connectivity index (χ1v) is 9.06. The molecule has 136 valence electrons. The van der Waals surface area contributed by atoms with Crippen molar-refractivity contribution in [2.75, 3.05) is 46.3 Å². The molecule has 0 unspecified atom stereocenters. The Hall–Kier alpha value is -1.66. The third-order valence-corrected chi connectivity index (χ3v) is 5.44. The van der Waals surface area contributed by atoms with Crippen LogP contribution in [0.2, 0.25) is 5.02 Å². The van der Waals surface area contributed by atoms with Gasteiger partial charge in [0, 0.05) is 45.2 Å². The first-order chi connectivity index (χ1) is 12.0. The fourth-order valence-electron chi connectivity index (χ4n) is 3.47. The Kier molecular flexibility index (Phi) is 5.59. The number of carbonyl (C=O) groups excluding carboxylic acids is 2. The molecule has 3 rings (SSSR count). The van der Waals surface area contributed by atoms with Gasteiger partial charge in [0.2, 0.25) is 5.91 Å². The number of hydrogen-bond donors (Lipinski definition) is 0. The molecule has 0 bridgehead atoms. The lowest BCUT2D eigenvalue weighted by Gasteiger charge is -2.37. The number of likely N-dealkylation sites (tertiary alicyclic amines) is 1. The number of carbonyl (C=O) groups is 2. The number of amides is 2. The lowest BCUT2D eigenvalue weighted by molar-refractivity contribution is -0.138. The maximum atomic E-state index is 13.9. The van der Waals surface area contributed by atoms with E-state index < -0.39 is 11.7 Å². The second kappa shape index (κ2) is 7.70. The van der Waals surface area contributed by atoms with Gasteiger partial charge >= 0.3 is 0 Å². The highest BCUT2D eigenvalue weighted by molar-refractivity contribution is 6.33. The van der Waals surface area contributed by atoms with Crippen LogP contribution in [-0.4, -0.2) is 72.8 Å². The third-order valence-electron chi connectivity index (χ3n) is 5.12. The molecule has 0 aromatic heterocycles. The largest absolute Gasteiger partial charge is 0.340 e. The average Bonchev–Trinajstić information content (AvgIpc) is 2.61. The highest BCUT2D eigenvalue weighted by Crippen LogP contribution is 2.25. The molecule has 0 spiro atoms. The summed E-state index contributed by atoms with van der Waals surface area (Å²) < 4.78 is 13.9. The average molecular weight is 368 g/mol. The van der Waals surface area contributed by atoms with Gasteiger partial charge in [0.15, 0.2) is 0 Å². The first-order valence-electron chi connectivity index (χ1n) is 8.68. The maximum absolute atomic E-state index is 13.9. The molecule has 5 nitrogen and oxygen atoms in total. The van der Waals surface area contributed by atoms with Crippen molar-refractivity contribution in [3.05, 3.63) is 34.6 Å². The van der Waals surface area contributed by atoms with Crippen molar-refractivity contribution in [1.82, 2.24) is 14.7 Å². The van der Waals surface area contributed by atoms with Crippen molar-refractivity contribution in [2.24, 2.45) is 5.92 Å². The Labute approximate surface area is 152 Å². The number of hydrogen-bond acceptors (Lipinski definition) is 3. The van der Waals surface area contributed by atoms with Gasteiger partial charge in [-0.3, -0.25) is 9.59 Å². The minimum absolute atomic E-state index is 0.0523. The molecule has 2 amide bonds. The van der Waals surface area contributed by atoms with Crippen molar-refractivity contribution in [3.63, 3.8) is 0 Å². The van der Waals surface area contributed by atoms with Gasteiger partial charge in [-0.1, -0.05) is 17.7 Å². The monoisotopic (exact) mass is 367 g/mol. The summed E-state index contributed by atoms with van der Waals surface area (Å²) in [5.74, 6) is -0.866. The molecule has 7 heteroatoms. The third kappa shape index (κ3) is 3.96. The minimum Gasteiger partial charge on any atom is -0.340 e. The van der Waals surface area contributed by atoms with Crippen molar-refractivity contribution < 1.29 is 14.0 Å². The summed E-state index contributed by atoms with van der Waals surface area (Å²) in [6.45, 7) is 4.23. The lowest BCUT2D eigenvalue weighted by Crippen LogP contribution is -2.51. The standard InChI is InChI=1S/C18H23ClFN3O2/c1-21-9-11-23(12-10-21)17(24)13-5-7-22(8-6-13)18(25)16-14(19)3-2-4-15(16)20/h2-4,13H,5-12H2,1H3. The van der Waals surface area contributed by atoms with Crippen molar-refractivity contribution >= 4 is 23.4 Å². The van der Waals surface area contributed by atoms with Gasteiger partial charge in [0.25, 0.3) is 5.91 Å². The topological polar surface area (TPSA) is 43.9 Å². The predicted octanol–water partition coefficient (Wildman–Crippen LogP) is 2.11. The first kappa shape index (κ1) is 18.1. The molecule has 2 heterocycles. The van der Waals surface area contributed by atoms with Gasteiger partial charge in [0.1, 0.15) is 5.82 Å². The van der Waals surface area contributed by atoms with Gasteiger partial charge in [-0.25, -0.2) is 4.39 Å². The van der Waals surface area contributed by atoms with Crippen molar-refractivity contribution in [2.45, 2.75) is 12.8 Å². The van der Waals surface area contributed by atoms with E-state index in [1.165, 1.54) is 18.2 Å². The Morgan fingerprint density at radius 2 is 1.68 bits per heavy atom. The molecule has 0 aliphatic carbocycles. The van der Waals surface area contributed by atoms with E-state index in [1.54, 1.807) is 4.90 Å². The molecule has 1 aromatic rings. The number of benzene rings is 1. The molecule has 2 aliphatic heterocycles. The fourth-order valence-corrected chi connectivity index (χ4v) is 3.72. The summed E-state index contributed by atoms with van der Waals surface area (Å²) in [5, 5.41) is 0.126. The van der Waals surface area contributed by atoms with E-state index in [-0.39, 0.29) is 22.4 Å². The lowest BCUT2D eigenvalue weighted by atomic mass is 9.94. The summed E-state index contributed by atoms with van der Waals surface area (Å²) in [5.41, 5.74) is -0.0759. The van der Waals surface area contributed by atoms with Crippen LogP contribution in [0.4, 0.5) is 4.39 Å². The second-order valence-electron chi connectivity index (χ2n) is 6.79. The smallest absolute Gasteiger partial charge is 0.258 e. The van der Waals surface area contributed by atoms with E-state index >= 15 is 0 Å². The van der Waals surface area contributed by atoms with Gasteiger partial charge in [-0.2, -0.15) is 0 Å². The Bertz CT molecular complexity index is 633. The van der Waals surface area contributed by atoms with E-state index in [0.29, 0.717) is 25.9 Å². The number of piperazine rings is 1. The van der Waals surface area contributed by atoms with Crippen LogP contribution in [0.3, 0.4) is 0 Å². The predicted molar refractivity (Wildman–Crippen MR) is 94.1 cm³/mol. The summed E-state index contributed by atoms with van der Waals surface area (Å²) in [6.07, 6.45) is 1.23. The van der Waals surface area contributed by atoms with Crippen LogP contribution in [0.1, 0.15) is 23.2 Å². The van der Waals surface area contributed by atoms with Crippen molar-refractivity contribution in [3.8, 4) is 0 Å². The van der Waals surface area contributed by atoms with Crippen LogP contribution in [0, 0.1) is 11.7 Å². The summed E-state index contributed by atoms with van der Waals surface area (Å²) in [7, 11) is 2.06. The van der Waals surface area contributed by atoms with Crippen LogP contribution in [0.15, 0.2) is 18.2 Å². The number of nitrogens with zero attached hydrogens (tertiary/aromatic N) is 3. The van der Waals surface area contributed by atoms with Gasteiger partial charge in [-0.05, 0) is 32.0 Å². The normalized spacial score (nSPS) is 20.0. The highest BCUT2D eigenvalue weighted by Gasteiger charge is 2.32. The molecule has 0 atom stereocenters. The van der Waals surface area contributed by atoms with E-state index in [0.717, 1.165) is 26.2 Å². The van der Waals surface area contributed by atoms with Crippen molar-refractivity contribution in [1.29, 1.82) is 0 Å². The van der Waals surface area contributed by atoms with Crippen LogP contribution in [0.25, 0.3) is 0 Å². The van der Waals surface area contributed by atoms with Gasteiger partial charge in [-0.15, -0.1) is 0 Å². The number of rotatable bonds is 2. The molecule has 2 saturated heterocycles. The molecule has 2 fully saturated rings. The van der Waals surface area contributed by atoms with E-state index in [9.17, 15) is 14.0 Å². The van der Waals surface area contributed by atoms with Crippen LogP contribution in [0.5, 0.6) is 0 Å². The molecule has 1 aromatic carbocycles. The number of halogens is 2. The minimum atomic E-state index is -0.604. The van der Waals surface area contributed by atoms with Gasteiger partial charge < -0.3 is 14.7 Å². The Morgan fingerprint density at radius 1 is 1.04 bits per heavy atom. The Morgan fingerprint density at radius 3 is 2.28 bits per heavy atom. The number of likely N-dealkylation sites (N-methyl/N-ethyl adjacent to an activating group) is 1. The van der Waals surface area contributed by atoms with Gasteiger partial charge in [0.05, 0.1) is 10.6 Å². The van der Waals surface area contributed by atoms with E-state index in [4.69, 9.17) is 11.6 Å². The Balaban J connectivity index is 1.58.